The van der Waals surface area contributed by atoms with Crippen LogP contribution in [0.5, 0.6) is 0 Å². The van der Waals surface area contributed by atoms with Gasteiger partial charge >= 0.3 is 5.97 Å². The van der Waals surface area contributed by atoms with Crippen LogP contribution in [0.2, 0.25) is 0 Å². The Hall–Kier alpha value is -2.15. The molecule has 0 aliphatic heterocycles. The van der Waals surface area contributed by atoms with Gasteiger partial charge in [-0.3, -0.25) is 9.59 Å². The average Bonchev–Trinajstić information content (AvgIpc) is 2.53. The second kappa shape index (κ2) is 5.69. The number of fused-ring (bicyclic) bond motifs is 3. The molecule has 0 radical (unpaired) electrons. The summed E-state index contributed by atoms with van der Waals surface area (Å²) in [5.74, 6) is -0.369. The number of allylic oxidation sites excluding steroid dienone is 3. The molecule has 0 amide bonds. The first-order chi connectivity index (χ1) is 11.6. The molecule has 0 N–H and O–H groups in total. The number of nitriles is 1. The van der Waals surface area contributed by atoms with Crippen molar-refractivity contribution in [3.8, 4) is 6.07 Å². The van der Waals surface area contributed by atoms with Gasteiger partial charge in [0.1, 0.15) is 12.2 Å². The SMILES string of the molecule is C=C1C=C2C(C)(CCC3[C@@H](C)C(=O)C(C#N)=C[C@]23C)[C@H](OC(C)=O)C1. The van der Waals surface area contributed by atoms with Crippen LogP contribution in [-0.2, 0) is 14.3 Å². The van der Waals surface area contributed by atoms with Crippen molar-refractivity contribution in [2.24, 2.45) is 22.7 Å². The topological polar surface area (TPSA) is 67.2 Å². The summed E-state index contributed by atoms with van der Waals surface area (Å²) < 4.78 is 5.67. The molecule has 4 heteroatoms. The van der Waals surface area contributed by atoms with Gasteiger partial charge in [-0.25, -0.2) is 0 Å². The highest BCUT2D eigenvalue weighted by Gasteiger charge is 2.57. The normalized spacial score (nSPS) is 40.2. The molecule has 4 nitrogen and oxygen atoms in total. The lowest BCUT2D eigenvalue weighted by molar-refractivity contribution is -0.154. The van der Waals surface area contributed by atoms with Crippen molar-refractivity contribution < 1.29 is 14.3 Å². The van der Waals surface area contributed by atoms with Gasteiger partial charge in [0.2, 0.25) is 0 Å². The third-order valence-corrected chi connectivity index (χ3v) is 6.60. The van der Waals surface area contributed by atoms with Crippen molar-refractivity contribution in [2.75, 3.05) is 0 Å². The van der Waals surface area contributed by atoms with Gasteiger partial charge < -0.3 is 4.74 Å². The summed E-state index contributed by atoms with van der Waals surface area (Å²) in [5, 5.41) is 9.42. The Morgan fingerprint density at radius 3 is 2.72 bits per heavy atom. The van der Waals surface area contributed by atoms with Gasteiger partial charge in [-0.1, -0.05) is 50.6 Å². The maximum absolute atomic E-state index is 12.5. The van der Waals surface area contributed by atoms with Crippen molar-refractivity contribution in [3.05, 3.63) is 35.5 Å². The van der Waals surface area contributed by atoms with Crippen molar-refractivity contribution in [2.45, 2.75) is 53.1 Å². The van der Waals surface area contributed by atoms with E-state index in [1.807, 2.05) is 13.0 Å². The summed E-state index contributed by atoms with van der Waals surface area (Å²) in [5.41, 5.74) is 1.63. The lowest BCUT2D eigenvalue weighted by Crippen LogP contribution is -2.53. The van der Waals surface area contributed by atoms with Gasteiger partial charge in [-0.2, -0.15) is 5.26 Å². The molecule has 3 rings (SSSR count). The number of ether oxygens (including phenoxy) is 1. The predicted octanol–water partition coefficient (Wildman–Crippen LogP) is 3.90. The second-order valence-corrected chi connectivity index (χ2v) is 8.19. The number of rotatable bonds is 1. The number of carbonyl (C=O) groups is 2. The largest absolute Gasteiger partial charge is 0.461 e. The Morgan fingerprint density at radius 1 is 1.44 bits per heavy atom. The van der Waals surface area contributed by atoms with Gasteiger partial charge in [0.15, 0.2) is 5.78 Å². The lowest BCUT2D eigenvalue weighted by atomic mass is 9.47. The number of esters is 1. The van der Waals surface area contributed by atoms with Gasteiger partial charge in [0.25, 0.3) is 0 Å². The van der Waals surface area contributed by atoms with Crippen molar-refractivity contribution >= 4 is 11.8 Å². The van der Waals surface area contributed by atoms with Crippen LogP contribution in [0.15, 0.2) is 35.5 Å². The van der Waals surface area contributed by atoms with E-state index < -0.39 is 5.41 Å². The van der Waals surface area contributed by atoms with E-state index in [-0.39, 0.29) is 40.7 Å². The summed E-state index contributed by atoms with van der Waals surface area (Å²) in [6.45, 7) is 11.7. The van der Waals surface area contributed by atoms with Gasteiger partial charge in [0, 0.05) is 30.1 Å². The monoisotopic (exact) mass is 339 g/mol. The minimum absolute atomic E-state index is 0.0552. The smallest absolute Gasteiger partial charge is 0.302 e. The van der Waals surface area contributed by atoms with E-state index in [1.54, 1.807) is 0 Å². The molecule has 0 heterocycles. The molecule has 2 unspecified atom stereocenters. The van der Waals surface area contributed by atoms with Crippen molar-refractivity contribution in [1.29, 1.82) is 5.26 Å². The highest BCUT2D eigenvalue weighted by Crippen LogP contribution is 2.62. The minimum atomic E-state index is -0.396. The van der Waals surface area contributed by atoms with Gasteiger partial charge in [-0.15, -0.1) is 0 Å². The van der Waals surface area contributed by atoms with Crippen molar-refractivity contribution in [3.63, 3.8) is 0 Å². The minimum Gasteiger partial charge on any atom is -0.461 e. The quantitative estimate of drug-likeness (QED) is 0.680. The zero-order valence-electron chi connectivity index (χ0n) is 15.4. The molecule has 0 aromatic heterocycles. The van der Waals surface area contributed by atoms with Crippen LogP contribution >= 0.6 is 0 Å². The van der Waals surface area contributed by atoms with Crippen LogP contribution in [0.4, 0.5) is 0 Å². The molecule has 0 aromatic rings. The van der Waals surface area contributed by atoms with Crippen LogP contribution < -0.4 is 0 Å². The molecule has 1 fully saturated rings. The lowest BCUT2D eigenvalue weighted by Gasteiger charge is -2.57. The zero-order valence-corrected chi connectivity index (χ0v) is 15.4. The standard InChI is InChI=1S/C21H25NO3/c1-12-8-17-20(4,18(9-12)25-14(3)23)7-6-16-13(2)19(24)15(11-22)10-21(16,17)5/h8,10,13,16,18H,1,6-7,9H2,2-5H3/t13-,16?,18-,20?,21+/m1/s1. The predicted molar refractivity (Wildman–Crippen MR) is 94.2 cm³/mol. The Kier molecular flexibility index (Phi) is 4.02. The molecule has 5 atom stereocenters. The number of hydrogen-bond acceptors (Lipinski definition) is 4. The van der Waals surface area contributed by atoms with Gasteiger partial charge in [-0.05, 0) is 18.8 Å². The molecule has 1 saturated carbocycles. The summed E-state index contributed by atoms with van der Waals surface area (Å²) >= 11 is 0. The fourth-order valence-corrected chi connectivity index (χ4v) is 5.30. The van der Waals surface area contributed by atoms with Crippen LogP contribution in [-0.4, -0.2) is 17.9 Å². The Balaban J connectivity index is 2.16. The van der Waals surface area contributed by atoms with Crippen LogP contribution in [0.3, 0.4) is 0 Å². The number of Topliss-reactive ketones (excluding diaryl/α,β-unsaturated/α-hetero) is 1. The maximum Gasteiger partial charge on any atom is 0.302 e. The zero-order chi connectivity index (χ0) is 18.6. The fourth-order valence-electron chi connectivity index (χ4n) is 5.30. The highest BCUT2D eigenvalue weighted by atomic mass is 16.5. The Bertz CT molecular complexity index is 769. The molecule has 3 aliphatic rings. The van der Waals surface area contributed by atoms with E-state index in [0.29, 0.717) is 6.42 Å². The van der Waals surface area contributed by atoms with Crippen LogP contribution in [0, 0.1) is 34.0 Å². The molecule has 0 aromatic carbocycles. The first-order valence-corrected chi connectivity index (χ1v) is 8.88. The summed E-state index contributed by atoms with van der Waals surface area (Å²) in [4.78, 5) is 24.1. The molecular formula is C21H25NO3. The van der Waals surface area contributed by atoms with E-state index in [4.69, 9.17) is 4.74 Å². The first-order valence-electron chi connectivity index (χ1n) is 8.88. The third kappa shape index (κ3) is 2.49. The van der Waals surface area contributed by atoms with E-state index in [2.05, 4.69) is 32.6 Å². The van der Waals surface area contributed by atoms with Crippen LogP contribution in [0.25, 0.3) is 0 Å². The highest BCUT2D eigenvalue weighted by molar-refractivity contribution is 6.02. The number of ketones is 1. The molecule has 0 bridgehead atoms. The van der Waals surface area contributed by atoms with E-state index in [0.717, 1.165) is 24.0 Å². The fraction of sp³-hybridized carbons (Fsp3) is 0.571. The summed E-state index contributed by atoms with van der Waals surface area (Å²) in [6, 6.07) is 2.08. The molecule has 0 saturated heterocycles. The number of hydrogen-bond donors (Lipinski definition) is 0. The summed E-state index contributed by atoms with van der Waals surface area (Å²) in [7, 11) is 0. The number of carbonyl (C=O) groups excluding carboxylic acids is 2. The molecule has 132 valence electrons. The molecule has 25 heavy (non-hydrogen) atoms. The average molecular weight is 339 g/mol. The van der Waals surface area contributed by atoms with Crippen molar-refractivity contribution in [1.82, 2.24) is 0 Å². The molecule has 3 aliphatic carbocycles. The molecule has 0 spiro atoms. The third-order valence-electron chi connectivity index (χ3n) is 6.60. The van der Waals surface area contributed by atoms with E-state index >= 15 is 0 Å². The second-order valence-electron chi connectivity index (χ2n) is 8.19. The number of nitrogens with zero attached hydrogens (tertiary/aromatic N) is 1. The van der Waals surface area contributed by atoms with E-state index in [1.165, 1.54) is 6.92 Å². The first kappa shape index (κ1) is 17.7. The molecular weight excluding hydrogens is 314 g/mol. The van der Waals surface area contributed by atoms with E-state index in [9.17, 15) is 14.9 Å². The Morgan fingerprint density at radius 2 is 2.12 bits per heavy atom. The maximum atomic E-state index is 12.5. The van der Waals surface area contributed by atoms with Gasteiger partial charge in [0.05, 0.1) is 5.57 Å². The summed E-state index contributed by atoms with van der Waals surface area (Å²) in [6.07, 6.45) is 6.08. The Labute approximate surface area is 149 Å². The van der Waals surface area contributed by atoms with Crippen LogP contribution in [0.1, 0.15) is 47.0 Å².